The lowest BCUT2D eigenvalue weighted by Crippen LogP contribution is -2.49. The Hall–Kier alpha value is -0.610. The maximum Gasteiger partial charge on any atom is 0.0853 e. The van der Waals surface area contributed by atoms with Gasteiger partial charge in [0.25, 0.3) is 0 Å². The number of carbonyl (C=O) groups excluding carboxylic acids is 1. The molecule has 0 aromatic heterocycles. The van der Waals surface area contributed by atoms with Gasteiger partial charge in [0, 0.05) is 18.9 Å². The van der Waals surface area contributed by atoms with Crippen molar-refractivity contribution in [2.24, 2.45) is 0 Å². The number of hydrogen-bond acceptors (Lipinski definition) is 3. The molecular weight excluding hydrogens is 132 g/mol. The van der Waals surface area contributed by atoms with Crippen LogP contribution in [0.1, 0.15) is 6.42 Å². The van der Waals surface area contributed by atoms with Crippen molar-refractivity contribution in [3.63, 3.8) is 0 Å². The van der Waals surface area contributed by atoms with Gasteiger partial charge >= 0.3 is 0 Å². The van der Waals surface area contributed by atoms with Gasteiger partial charge < -0.3 is 9.90 Å². The first kappa shape index (κ1) is 9.39. The topological polar surface area (TPSA) is 52.2 Å². The van der Waals surface area contributed by atoms with Crippen LogP contribution in [0.15, 0.2) is 0 Å². The molecule has 0 aliphatic heterocycles. The van der Waals surface area contributed by atoms with Gasteiger partial charge in [-0.15, -0.1) is 0 Å². The third kappa shape index (κ3) is 7.39. The fraction of sp³-hybridized carbons (Fsp3) is 0.833. The van der Waals surface area contributed by atoms with E-state index in [1.54, 1.807) is 0 Å². The van der Waals surface area contributed by atoms with Crippen LogP contribution in [-0.2, 0) is 4.79 Å². The molecular formula is C6H14N2O2. The van der Waals surface area contributed by atoms with Crippen molar-refractivity contribution < 1.29 is 14.5 Å². The molecule has 0 amide bonds. The number of carboxylic acids is 1. The number of aliphatic carboxylic acids is 1. The Balaban J connectivity index is 3.29. The molecule has 0 aliphatic rings. The summed E-state index contributed by atoms with van der Waals surface area (Å²) in [6.45, 7) is 0.450. The predicted octanol–water partition coefficient (Wildman–Crippen LogP) is -1.66. The molecule has 0 atom stereocenters. The monoisotopic (exact) mass is 146 g/mol. The van der Waals surface area contributed by atoms with Crippen molar-refractivity contribution >= 4 is 5.97 Å². The molecule has 0 saturated carbocycles. The lowest BCUT2D eigenvalue weighted by atomic mass is 10.4. The van der Waals surface area contributed by atoms with Crippen LogP contribution >= 0.6 is 0 Å². The minimum atomic E-state index is -1.01. The van der Waals surface area contributed by atoms with E-state index in [2.05, 4.69) is 5.43 Å². The second-order valence-corrected chi connectivity index (χ2v) is 3.04. The van der Waals surface area contributed by atoms with Crippen molar-refractivity contribution in [2.45, 2.75) is 6.42 Å². The summed E-state index contributed by atoms with van der Waals surface area (Å²) in [5, 5.41) is 9.93. The van der Waals surface area contributed by atoms with Gasteiger partial charge in [-0.3, -0.25) is 4.59 Å². The normalized spacial score (nSPS) is 11.5. The van der Waals surface area contributed by atoms with Gasteiger partial charge in [0.1, 0.15) is 0 Å². The van der Waals surface area contributed by atoms with Crippen molar-refractivity contribution in [1.82, 2.24) is 5.43 Å². The predicted molar refractivity (Wildman–Crippen MR) is 35.7 cm³/mol. The molecule has 0 saturated heterocycles. The van der Waals surface area contributed by atoms with Crippen molar-refractivity contribution in [1.29, 1.82) is 0 Å². The van der Waals surface area contributed by atoms with Gasteiger partial charge in [0.2, 0.25) is 0 Å². The molecule has 4 nitrogen and oxygen atoms in total. The van der Waals surface area contributed by atoms with Crippen LogP contribution in [0.3, 0.4) is 0 Å². The third-order valence-corrected chi connectivity index (χ3v) is 0.915. The van der Waals surface area contributed by atoms with Gasteiger partial charge in [-0.25, -0.2) is 0 Å². The van der Waals surface area contributed by atoms with Crippen molar-refractivity contribution in [2.75, 3.05) is 27.7 Å². The first-order valence-electron chi connectivity index (χ1n) is 3.18. The van der Waals surface area contributed by atoms with Gasteiger partial charge in [0.15, 0.2) is 0 Å². The molecule has 10 heavy (non-hydrogen) atoms. The van der Waals surface area contributed by atoms with Crippen LogP contribution in [0, 0.1) is 0 Å². The van der Waals surface area contributed by atoms with Crippen LogP contribution in [0.5, 0.6) is 0 Å². The standard InChI is InChI=1S/C6H14N2O2/c1-8(2,3)7-5-4-6(9)10/h7H,4-5H2,1-3H3. The SMILES string of the molecule is C[N+](C)(C)NCCC(=O)[O-]. The summed E-state index contributed by atoms with van der Waals surface area (Å²) < 4.78 is 0.563. The Morgan fingerprint density at radius 1 is 1.50 bits per heavy atom. The summed E-state index contributed by atoms with van der Waals surface area (Å²) in [6.07, 6.45) is 0.0650. The molecule has 0 heterocycles. The molecule has 0 unspecified atom stereocenters. The Labute approximate surface area is 61.0 Å². The van der Waals surface area contributed by atoms with Crippen LogP contribution in [0.25, 0.3) is 0 Å². The quantitative estimate of drug-likeness (QED) is 0.381. The molecule has 0 fully saturated rings. The van der Waals surface area contributed by atoms with E-state index in [0.717, 1.165) is 0 Å². The lowest BCUT2D eigenvalue weighted by Gasteiger charge is -2.23. The molecule has 0 bridgehead atoms. The maximum atomic E-state index is 9.93. The van der Waals surface area contributed by atoms with Crippen LogP contribution in [-0.4, -0.2) is 38.2 Å². The molecule has 60 valence electrons. The van der Waals surface area contributed by atoms with Gasteiger partial charge in [-0.05, 0) is 0 Å². The summed E-state index contributed by atoms with van der Waals surface area (Å²) >= 11 is 0. The van der Waals surface area contributed by atoms with E-state index in [9.17, 15) is 9.90 Å². The Bertz CT molecular complexity index is 117. The average Bonchev–Trinajstić information content (AvgIpc) is 1.59. The van der Waals surface area contributed by atoms with E-state index in [0.29, 0.717) is 11.1 Å². The summed E-state index contributed by atoms with van der Waals surface area (Å²) in [4.78, 5) is 9.93. The number of carbonyl (C=O) groups is 1. The summed E-state index contributed by atoms with van der Waals surface area (Å²) in [5.74, 6) is -1.01. The zero-order valence-corrected chi connectivity index (χ0v) is 6.68. The highest BCUT2D eigenvalue weighted by atomic mass is 16.4. The number of rotatable bonds is 4. The zero-order valence-electron chi connectivity index (χ0n) is 6.68. The number of hydrogen-bond donors (Lipinski definition) is 1. The second-order valence-electron chi connectivity index (χ2n) is 3.04. The molecule has 0 rings (SSSR count). The van der Waals surface area contributed by atoms with Gasteiger partial charge in [-0.2, -0.15) is 5.43 Å². The maximum absolute atomic E-state index is 9.93. The molecule has 0 aromatic rings. The van der Waals surface area contributed by atoms with Crippen LogP contribution in [0.2, 0.25) is 0 Å². The van der Waals surface area contributed by atoms with E-state index >= 15 is 0 Å². The highest BCUT2D eigenvalue weighted by molar-refractivity contribution is 5.64. The summed E-state index contributed by atoms with van der Waals surface area (Å²) in [7, 11) is 5.78. The van der Waals surface area contributed by atoms with Crippen molar-refractivity contribution in [3.8, 4) is 0 Å². The Kier molecular flexibility index (Phi) is 3.32. The molecule has 0 spiro atoms. The van der Waals surface area contributed by atoms with E-state index in [4.69, 9.17) is 0 Å². The lowest BCUT2D eigenvalue weighted by molar-refractivity contribution is -0.915. The largest absolute Gasteiger partial charge is 0.550 e. The highest BCUT2D eigenvalue weighted by Gasteiger charge is 2.03. The minimum absolute atomic E-state index is 0.0650. The molecule has 0 radical (unpaired) electrons. The van der Waals surface area contributed by atoms with E-state index in [1.807, 2.05) is 21.1 Å². The molecule has 4 heteroatoms. The first-order valence-corrected chi connectivity index (χ1v) is 3.18. The van der Waals surface area contributed by atoms with Gasteiger partial charge in [0.05, 0.1) is 21.1 Å². The van der Waals surface area contributed by atoms with Crippen molar-refractivity contribution in [3.05, 3.63) is 0 Å². The van der Waals surface area contributed by atoms with E-state index in [1.165, 1.54) is 0 Å². The van der Waals surface area contributed by atoms with Gasteiger partial charge in [-0.1, -0.05) is 0 Å². The minimum Gasteiger partial charge on any atom is -0.550 e. The van der Waals surface area contributed by atoms with E-state index < -0.39 is 5.97 Å². The smallest absolute Gasteiger partial charge is 0.0853 e. The zero-order chi connectivity index (χ0) is 8.20. The number of carboxylic acid groups (broad SMARTS) is 1. The van der Waals surface area contributed by atoms with Crippen LogP contribution in [0.4, 0.5) is 0 Å². The van der Waals surface area contributed by atoms with Crippen LogP contribution < -0.4 is 10.5 Å². The fourth-order valence-electron chi connectivity index (χ4n) is 0.493. The molecule has 0 aromatic carbocycles. The Morgan fingerprint density at radius 2 is 2.00 bits per heavy atom. The Morgan fingerprint density at radius 3 is 2.30 bits per heavy atom. The fourth-order valence-corrected chi connectivity index (χ4v) is 0.493. The number of quaternary nitrogens is 1. The summed E-state index contributed by atoms with van der Waals surface area (Å²) in [5.41, 5.74) is 2.97. The molecule has 0 aliphatic carbocycles. The number of nitrogens with zero attached hydrogens (tertiary/aromatic N) is 1. The second kappa shape index (κ2) is 3.53. The first-order chi connectivity index (χ1) is 4.42. The third-order valence-electron chi connectivity index (χ3n) is 0.915. The van der Waals surface area contributed by atoms with E-state index in [-0.39, 0.29) is 6.42 Å². The number of nitrogens with one attached hydrogen (secondary N) is 1. The molecule has 1 N–H and O–H groups in total. The average molecular weight is 146 g/mol. The summed E-state index contributed by atoms with van der Waals surface area (Å²) in [6, 6.07) is 0. The highest BCUT2D eigenvalue weighted by Crippen LogP contribution is 1.81.